The number of amides is 1. The molecule has 2 aromatic heterocycles. The molecule has 0 saturated carbocycles. The van der Waals surface area contributed by atoms with E-state index in [9.17, 15) is 4.79 Å². The number of hydrogen-bond donors (Lipinski definition) is 1. The van der Waals surface area contributed by atoms with Crippen LogP contribution in [0, 0.1) is 6.92 Å². The summed E-state index contributed by atoms with van der Waals surface area (Å²) in [6.45, 7) is 1.74. The molecule has 6 heteroatoms. The molecule has 0 unspecified atom stereocenters. The average Bonchev–Trinajstić information content (AvgIpc) is 2.71. The highest BCUT2D eigenvalue weighted by molar-refractivity contribution is 5.97. The second kappa shape index (κ2) is 3.23. The molecule has 0 bridgehead atoms. The van der Waals surface area contributed by atoms with Crippen molar-refractivity contribution < 1.29 is 4.79 Å². The van der Waals surface area contributed by atoms with Crippen molar-refractivity contribution in [3.63, 3.8) is 0 Å². The van der Waals surface area contributed by atoms with Crippen LogP contribution in [0.3, 0.4) is 0 Å². The lowest BCUT2D eigenvalue weighted by molar-refractivity contribution is 0.0999. The van der Waals surface area contributed by atoms with Gasteiger partial charge in [0.15, 0.2) is 5.82 Å². The van der Waals surface area contributed by atoms with Crippen LogP contribution in [0.2, 0.25) is 0 Å². The van der Waals surface area contributed by atoms with Crippen LogP contribution in [-0.4, -0.2) is 25.5 Å². The van der Waals surface area contributed by atoms with Gasteiger partial charge >= 0.3 is 0 Å². The van der Waals surface area contributed by atoms with Gasteiger partial charge in [-0.05, 0) is 13.0 Å². The number of nitrogens with two attached hydrogens (primary N) is 1. The van der Waals surface area contributed by atoms with E-state index in [-0.39, 0.29) is 0 Å². The summed E-state index contributed by atoms with van der Waals surface area (Å²) in [7, 11) is 1.75. The summed E-state index contributed by atoms with van der Waals surface area (Å²) in [6.07, 6.45) is 3.37. The molecule has 6 nitrogen and oxygen atoms in total. The molecule has 0 radical (unpaired) electrons. The lowest BCUT2D eigenvalue weighted by atomic mass is 10.2. The Kier molecular flexibility index (Phi) is 2.03. The summed E-state index contributed by atoms with van der Waals surface area (Å²) in [4.78, 5) is 11.3. The number of hydrogen-bond acceptors (Lipinski definition) is 3. The van der Waals surface area contributed by atoms with Crippen molar-refractivity contribution in [3.8, 4) is 5.82 Å². The second-order valence-electron chi connectivity index (χ2n) is 3.22. The van der Waals surface area contributed by atoms with Crippen LogP contribution in [0.5, 0.6) is 0 Å². The van der Waals surface area contributed by atoms with Crippen molar-refractivity contribution in [2.24, 2.45) is 12.8 Å². The first kappa shape index (κ1) is 9.45. The predicted molar refractivity (Wildman–Crippen MR) is 53.6 cm³/mol. The third-order valence-electron chi connectivity index (χ3n) is 2.16. The van der Waals surface area contributed by atoms with Crippen LogP contribution in [0.25, 0.3) is 5.82 Å². The van der Waals surface area contributed by atoms with Gasteiger partial charge in [-0.1, -0.05) is 0 Å². The van der Waals surface area contributed by atoms with E-state index in [4.69, 9.17) is 5.73 Å². The largest absolute Gasteiger partial charge is 0.365 e. The minimum absolute atomic E-state index is 0.404. The fourth-order valence-corrected chi connectivity index (χ4v) is 1.59. The molecule has 0 aromatic carbocycles. The molecule has 0 aliphatic carbocycles. The summed E-state index contributed by atoms with van der Waals surface area (Å²) in [6, 6.07) is 1.77. The molecule has 0 atom stereocenters. The Morgan fingerprint density at radius 3 is 2.80 bits per heavy atom. The minimum Gasteiger partial charge on any atom is -0.365 e. The second-order valence-corrected chi connectivity index (χ2v) is 3.22. The minimum atomic E-state index is -0.494. The Labute approximate surface area is 86.3 Å². The summed E-state index contributed by atoms with van der Waals surface area (Å²) < 4.78 is 3.16. The molecule has 0 aliphatic rings. The fraction of sp³-hybridized carbons (Fsp3) is 0.222. The van der Waals surface area contributed by atoms with Gasteiger partial charge in [0.2, 0.25) is 0 Å². The van der Waals surface area contributed by atoms with Crippen LogP contribution in [-0.2, 0) is 7.05 Å². The Bertz CT molecular complexity index is 497. The van der Waals surface area contributed by atoms with Crippen LogP contribution >= 0.6 is 0 Å². The Morgan fingerprint density at radius 1 is 1.53 bits per heavy atom. The van der Waals surface area contributed by atoms with E-state index in [2.05, 4.69) is 10.2 Å². The summed E-state index contributed by atoms with van der Waals surface area (Å²) in [5.74, 6) is 0.0936. The van der Waals surface area contributed by atoms with E-state index < -0.39 is 5.91 Å². The van der Waals surface area contributed by atoms with Crippen molar-refractivity contribution in [3.05, 3.63) is 29.7 Å². The highest BCUT2D eigenvalue weighted by atomic mass is 16.1. The van der Waals surface area contributed by atoms with Crippen LogP contribution in [0.1, 0.15) is 16.1 Å². The van der Waals surface area contributed by atoms with Gasteiger partial charge in [0, 0.05) is 19.4 Å². The number of rotatable bonds is 2. The molecule has 1 amide bonds. The monoisotopic (exact) mass is 205 g/mol. The van der Waals surface area contributed by atoms with Gasteiger partial charge in [0.1, 0.15) is 5.56 Å². The zero-order chi connectivity index (χ0) is 11.0. The van der Waals surface area contributed by atoms with E-state index in [0.717, 1.165) is 0 Å². The van der Waals surface area contributed by atoms with E-state index >= 15 is 0 Å². The maximum absolute atomic E-state index is 11.3. The fourth-order valence-electron chi connectivity index (χ4n) is 1.59. The number of aryl methyl sites for hydroxylation is 2. The first-order chi connectivity index (χ1) is 7.11. The predicted octanol–water partition coefficient (Wildman–Crippen LogP) is 0.0131. The number of nitrogens with zero attached hydrogens (tertiary/aromatic N) is 4. The molecular formula is C9H11N5O. The SMILES string of the molecule is Cc1nn(C)c(-n2cccn2)c1C(N)=O. The quantitative estimate of drug-likeness (QED) is 0.750. The average molecular weight is 205 g/mol. The van der Waals surface area contributed by atoms with Crippen molar-refractivity contribution in [1.82, 2.24) is 19.6 Å². The van der Waals surface area contributed by atoms with Gasteiger partial charge in [-0.3, -0.25) is 4.79 Å². The lowest BCUT2D eigenvalue weighted by Gasteiger charge is -2.03. The first-order valence-corrected chi connectivity index (χ1v) is 4.44. The zero-order valence-corrected chi connectivity index (χ0v) is 8.51. The molecule has 0 saturated heterocycles. The third kappa shape index (κ3) is 1.39. The normalized spacial score (nSPS) is 10.5. The van der Waals surface area contributed by atoms with Gasteiger partial charge < -0.3 is 5.73 Å². The standard InChI is InChI=1S/C9H11N5O/c1-6-7(8(10)15)9(13(2)12-6)14-5-3-4-11-14/h3-5H,1-2H3,(H2,10,15). The summed E-state index contributed by atoms with van der Waals surface area (Å²) >= 11 is 0. The number of carbonyl (C=O) groups excluding carboxylic acids is 1. The van der Waals surface area contributed by atoms with Gasteiger partial charge in [-0.25, -0.2) is 9.36 Å². The molecule has 2 rings (SSSR count). The topological polar surface area (TPSA) is 78.7 Å². The molecule has 78 valence electrons. The first-order valence-electron chi connectivity index (χ1n) is 4.44. The van der Waals surface area contributed by atoms with Crippen LogP contribution in [0.15, 0.2) is 18.5 Å². The van der Waals surface area contributed by atoms with Gasteiger partial charge in [-0.2, -0.15) is 10.2 Å². The van der Waals surface area contributed by atoms with Gasteiger partial charge in [0.25, 0.3) is 5.91 Å². The van der Waals surface area contributed by atoms with Gasteiger partial charge in [0.05, 0.1) is 5.69 Å². The number of aromatic nitrogens is 4. The Balaban J connectivity index is 2.70. The molecular weight excluding hydrogens is 194 g/mol. The van der Waals surface area contributed by atoms with E-state index in [1.165, 1.54) is 0 Å². The van der Waals surface area contributed by atoms with E-state index in [0.29, 0.717) is 17.1 Å². The van der Waals surface area contributed by atoms with E-state index in [1.807, 2.05) is 0 Å². The van der Waals surface area contributed by atoms with Crippen molar-refractivity contribution >= 4 is 5.91 Å². The maximum atomic E-state index is 11.3. The molecule has 15 heavy (non-hydrogen) atoms. The molecule has 0 aliphatic heterocycles. The smallest absolute Gasteiger partial charge is 0.254 e. The number of primary amides is 1. The van der Waals surface area contributed by atoms with Gasteiger partial charge in [-0.15, -0.1) is 0 Å². The molecule has 2 heterocycles. The maximum Gasteiger partial charge on any atom is 0.254 e. The molecule has 2 aromatic rings. The highest BCUT2D eigenvalue weighted by Gasteiger charge is 2.19. The van der Waals surface area contributed by atoms with Crippen molar-refractivity contribution in [2.75, 3.05) is 0 Å². The molecule has 2 N–H and O–H groups in total. The lowest BCUT2D eigenvalue weighted by Crippen LogP contribution is -2.16. The summed E-state index contributed by atoms with van der Waals surface area (Å²) in [5, 5.41) is 8.20. The van der Waals surface area contributed by atoms with Crippen molar-refractivity contribution in [1.29, 1.82) is 0 Å². The number of carbonyl (C=O) groups is 1. The molecule has 0 spiro atoms. The Morgan fingerprint density at radius 2 is 2.27 bits per heavy atom. The molecule has 0 fully saturated rings. The van der Waals surface area contributed by atoms with Crippen molar-refractivity contribution in [2.45, 2.75) is 6.92 Å². The van der Waals surface area contributed by atoms with Crippen LogP contribution in [0.4, 0.5) is 0 Å². The Hall–Kier alpha value is -2.11. The highest BCUT2D eigenvalue weighted by Crippen LogP contribution is 2.15. The van der Waals surface area contributed by atoms with Crippen LogP contribution < -0.4 is 5.73 Å². The third-order valence-corrected chi connectivity index (χ3v) is 2.16. The summed E-state index contributed by atoms with van der Waals surface area (Å²) in [5.41, 5.74) is 6.31. The van der Waals surface area contributed by atoms with E-state index in [1.54, 1.807) is 41.8 Å². The zero-order valence-electron chi connectivity index (χ0n) is 8.51.